The Bertz CT molecular complexity index is 265. The molecule has 3 heteroatoms. The zero-order valence-corrected chi connectivity index (χ0v) is 9.70. The van der Waals surface area contributed by atoms with Crippen LogP contribution in [0.3, 0.4) is 0 Å². The van der Waals surface area contributed by atoms with Crippen LogP contribution in [0, 0.1) is 0 Å². The lowest BCUT2D eigenvalue weighted by Crippen LogP contribution is -2.09. The molecular formula is C11H21N3. The molecule has 0 saturated heterocycles. The van der Waals surface area contributed by atoms with E-state index < -0.39 is 0 Å². The molecule has 1 heterocycles. The summed E-state index contributed by atoms with van der Waals surface area (Å²) in [6.45, 7) is 8.78. The van der Waals surface area contributed by atoms with Crippen molar-refractivity contribution in [2.45, 2.75) is 58.9 Å². The Balaban J connectivity index is 2.68. The number of unbranched alkanes of at least 4 members (excludes halogenated alkanes) is 1. The van der Waals surface area contributed by atoms with Gasteiger partial charge in [-0.2, -0.15) is 0 Å². The van der Waals surface area contributed by atoms with Crippen LogP contribution in [0.15, 0.2) is 6.33 Å². The molecule has 0 aliphatic rings. The van der Waals surface area contributed by atoms with E-state index in [-0.39, 0.29) is 0 Å². The van der Waals surface area contributed by atoms with Gasteiger partial charge in [-0.1, -0.05) is 33.6 Å². The van der Waals surface area contributed by atoms with Crippen molar-refractivity contribution in [3.63, 3.8) is 0 Å². The van der Waals surface area contributed by atoms with Crippen molar-refractivity contribution in [2.24, 2.45) is 0 Å². The third-order valence-corrected chi connectivity index (χ3v) is 2.57. The molecule has 0 radical (unpaired) electrons. The van der Waals surface area contributed by atoms with Gasteiger partial charge in [-0.05, 0) is 13.3 Å². The molecule has 1 aromatic heterocycles. The summed E-state index contributed by atoms with van der Waals surface area (Å²) >= 11 is 0. The molecule has 1 unspecified atom stereocenters. The van der Waals surface area contributed by atoms with Gasteiger partial charge in [-0.15, -0.1) is 10.2 Å². The van der Waals surface area contributed by atoms with Crippen LogP contribution in [0.1, 0.15) is 64.7 Å². The van der Waals surface area contributed by atoms with Crippen LogP contribution < -0.4 is 0 Å². The van der Waals surface area contributed by atoms with E-state index in [0.29, 0.717) is 12.0 Å². The van der Waals surface area contributed by atoms with E-state index in [0.717, 1.165) is 5.82 Å². The maximum atomic E-state index is 4.16. The summed E-state index contributed by atoms with van der Waals surface area (Å²) in [5, 5.41) is 8.14. The topological polar surface area (TPSA) is 30.7 Å². The highest BCUT2D eigenvalue weighted by Crippen LogP contribution is 2.19. The molecule has 3 nitrogen and oxygen atoms in total. The Morgan fingerprint density at radius 3 is 2.64 bits per heavy atom. The number of hydrogen-bond donors (Lipinski definition) is 0. The van der Waals surface area contributed by atoms with Crippen molar-refractivity contribution < 1.29 is 0 Å². The van der Waals surface area contributed by atoms with Crippen LogP contribution in [-0.4, -0.2) is 14.8 Å². The van der Waals surface area contributed by atoms with Crippen LogP contribution in [0.2, 0.25) is 0 Å². The summed E-state index contributed by atoms with van der Waals surface area (Å²) < 4.78 is 2.21. The van der Waals surface area contributed by atoms with E-state index in [2.05, 4.69) is 42.5 Å². The first-order chi connectivity index (χ1) is 6.66. The summed E-state index contributed by atoms with van der Waals surface area (Å²) in [5.74, 6) is 1.56. The van der Waals surface area contributed by atoms with Gasteiger partial charge < -0.3 is 4.57 Å². The van der Waals surface area contributed by atoms with Gasteiger partial charge in [0.1, 0.15) is 12.2 Å². The Morgan fingerprint density at radius 1 is 1.36 bits per heavy atom. The third kappa shape index (κ3) is 2.56. The second-order valence-electron chi connectivity index (χ2n) is 4.24. The molecule has 0 aliphatic heterocycles. The minimum Gasteiger partial charge on any atom is -0.315 e. The SMILES string of the molecule is CCCCC(C)n1cnnc1C(C)C. The van der Waals surface area contributed by atoms with Crippen LogP contribution in [-0.2, 0) is 0 Å². The van der Waals surface area contributed by atoms with Gasteiger partial charge in [0.25, 0.3) is 0 Å². The van der Waals surface area contributed by atoms with Gasteiger partial charge in [-0.25, -0.2) is 0 Å². The van der Waals surface area contributed by atoms with E-state index in [4.69, 9.17) is 0 Å². The van der Waals surface area contributed by atoms with Crippen molar-refractivity contribution >= 4 is 0 Å². The zero-order chi connectivity index (χ0) is 10.6. The summed E-state index contributed by atoms with van der Waals surface area (Å²) in [6, 6.07) is 0.530. The van der Waals surface area contributed by atoms with E-state index in [9.17, 15) is 0 Å². The molecule has 0 amide bonds. The molecule has 1 rings (SSSR count). The Kier molecular flexibility index (Phi) is 4.11. The molecule has 0 fully saturated rings. The minimum atomic E-state index is 0.460. The fraction of sp³-hybridized carbons (Fsp3) is 0.818. The summed E-state index contributed by atoms with van der Waals surface area (Å²) in [5.41, 5.74) is 0. The molecule has 14 heavy (non-hydrogen) atoms. The number of hydrogen-bond acceptors (Lipinski definition) is 2. The predicted molar refractivity (Wildman–Crippen MR) is 58.3 cm³/mol. The molecule has 1 atom stereocenters. The summed E-state index contributed by atoms with van der Waals surface area (Å²) in [4.78, 5) is 0. The normalized spacial score (nSPS) is 13.5. The van der Waals surface area contributed by atoms with Gasteiger partial charge in [0.2, 0.25) is 0 Å². The van der Waals surface area contributed by atoms with Crippen molar-refractivity contribution in [1.29, 1.82) is 0 Å². The lowest BCUT2D eigenvalue weighted by atomic mass is 10.1. The largest absolute Gasteiger partial charge is 0.315 e. The van der Waals surface area contributed by atoms with E-state index in [1.165, 1.54) is 19.3 Å². The zero-order valence-electron chi connectivity index (χ0n) is 9.70. The summed E-state index contributed by atoms with van der Waals surface area (Å²) in [7, 11) is 0. The highest BCUT2D eigenvalue weighted by Gasteiger charge is 2.12. The molecule has 1 aromatic rings. The van der Waals surface area contributed by atoms with Crippen molar-refractivity contribution in [2.75, 3.05) is 0 Å². The van der Waals surface area contributed by atoms with E-state index >= 15 is 0 Å². The minimum absolute atomic E-state index is 0.460. The summed E-state index contributed by atoms with van der Waals surface area (Å²) in [6.07, 6.45) is 5.60. The van der Waals surface area contributed by atoms with Crippen molar-refractivity contribution in [3.05, 3.63) is 12.2 Å². The van der Waals surface area contributed by atoms with Gasteiger partial charge in [0.15, 0.2) is 0 Å². The Morgan fingerprint density at radius 2 is 2.07 bits per heavy atom. The second-order valence-corrected chi connectivity index (χ2v) is 4.24. The highest BCUT2D eigenvalue weighted by atomic mass is 15.3. The fourth-order valence-corrected chi connectivity index (χ4v) is 1.64. The van der Waals surface area contributed by atoms with Gasteiger partial charge in [0, 0.05) is 12.0 Å². The quantitative estimate of drug-likeness (QED) is 0.722. The second kappa shape index (κ2) is 5.13. The lowest BCUT2D eigenvalue weighted by molar-refractivity contribution is 0.461. The molecule has 0 aromatic carbocycles. The third-order valence-electron chi connectivity index (χ3n) is 2.57. The maximum Gasteiger partial charge on any atom is 0.135 e. The van der Waals surface area contributed by atoms with Crippen LogP contribution in [0.25, 0.3) is 0 Å². The molecule has 0 bridgehead atoms. The van der Waals surface area contributed by atoms with Crippen molar-refractivity contribution in [1.82, 2.24) is 14.8 Å². The number of aromatic nitrogens is 3. The van der Waals surface area contributed by atoms with Gasteiger partial charge in [0.05, 0.1) is 0 Å². The highest BCUT2D eigenvalue weighted by molar-refractivity contribution is 4.94. The lowest BCUT2D eigenvalue weighted by Gasteiger charge is -2.16. The smallest absolute Gasteiger partial charge is 0.135 e. The standard InChI is InChI=1S/C11H21N3/c1-5-6-7-10(4)14-8-12-13-11(14)9(2)3/h8-10H,5-7H2,1-4H3. The van der Waals surface area contributed by atoms with Crippen LogP contribution >= 0.6 is 0 Å². The Hall–Kier alpha value is -0.860. The molecule has 0 saturated carbocycles. The average molecular weight is 195 g/mol. The molecular weight excluding hydrogens is 174 g/mol. The van der Waals surface area contributed by atoms with Gasteiger partial charge in [-0.3, -0.25) is 0 Å². The first-order valence-corrected chi connectivity index (χ1v) is 5.56. The monoisotopic (exact) mass is 195 g/mol. The van der Waals surface area contributed by atoms with E-state index in [1.807, 2.05) is 6.33 Å². The van der Waals surface area contributed by atoms with Crippen LogP contribution in [0.5, 0.6) is 0 Å². The molecule has 0 N–H and O–H groups in total. The van der Waals surface area contributed by atoms with Crippen LogP contribution in [0.4, 0.5) is 0 Å². The molecule has 0 spiro atoms. The molecule has 0 aliphatic carbocycles. The first kappa shape index (κ1) is 11.2. The predicted octanol–water partition coefficient (Wildman–Crippen LogP) is 3.15. The fourth-order valence-electron chi connectivity index (χ4n) is 1.64. The first-order valence-electron chi connectivity index (χ1n) is 5.56. The molecule has 80 valence electrons. The number of nitrogens with zero attached hydrogens (tertiary/aromatic N) is 3. The maximum absolute atomic E-state index is 4.16. The van der Waals surface area contributed by atoms with Gasteiger partial charge >= 0.3 is 0 Å². The van der Waals surface area contributed by atoms with Crippen molar-refractivity contribution in [3.8, 4) is 0 Å². The number of rotatable bonds is 5. The van der Waals surface area contributed by atoms with E-state index in [1.54, 1.807) is 0 Å². The Labute approximate surface area is 86.5 Å². The average Bonchev–Trinajstić information content (AvgIpc) is 2.62.